The molecular weight excluding hydrogens is 298 g/mol. The minimum absolute atomic E-state index is 0.0360. The van der Waals surface area contributed by atoms with Gasteiger partial charge in [0.15, 0.2) is 5.78 Å². The Bertz CT molecular complexity index is 512. The van der Waals surface area contributed by atoms with Crippen molar-refractivity contribution in [1.82, 2.24) is 4.90 Å². The number of aliphatic carboxylic acids is 1. The number of benzene rings is 1. The van der Waals surface area contributed by atoms with Crippen LogP contribution in [0.1, 0.15) is 30.6 Å². The molecule has 1 aromatic carbocycles. The number of nitrogens with zero attached hydrogens (tertiary/aromatic N) is 1. The number of likely N-dealkylation sites (N-methyl/N-ethyl adjacent to an activating group) is 1. The summed E-state index contributed by atoms with van der Waals surface area (Å²) >= 11 is 0. The maximum atomic E-state index is 12.6. The van der Waals surface area contributed by atoms with E-state index in [2.05, 4.69) is 0 Å². The van der Waals surface area contributed by atoms with E-state index < -0.39 is 11.9 Å². The summed E-state index contributed by atoms with van der Waals surface area (Å²) in [5.41, 5.74) is 0.463. The molecule has 1 atom stereocenters. The van der Waals surface area contributed by atoms with E-state index in [1.807, 2.05) is 13.8 Å². The van der Waals surface area contributed by atoms with E-state index >= 15 is 0 Å². The molecule has 0 aromatic heterocycles. The summed E-state index contributed by atoms with van der Waals surface area (Å²) in [7, 11) is 1.75. The standard InChI is InChI=1S/C17H25NO5/c1-12(2)23-15-6-4-13(5-7-15)17(22)14(10-16(20)21)11-18(3)8-9-19/h4-7,12,14,19H,8-11H2,1-3H3,(H,20,21). The number of carboxylic acids is 1. The van der Waals surface area contributed by atoms with Crippen LogP contribution in [0.3, 0.4) is 0 Å². The zero-order valence-electron chi connectivity index (χ0n) is 13.9. The summed E-state index contributed by atoms with van der Waals surface area (Å²) < 4.78 is 5.53. The first-order valence-corrected chi connectivity index (χ1v) is 7.65. The first-order chi connectivity index (χ1) is 10.8. The lowest BCUT2D eigenvalue weighted by Gasteiger charge is -2.21. The van der Waals surface area contributed by atoms with E-state index in [-0.39, 0.29) is 31.5 Å². The second kappa shape index (κ2) is 9.27. The largest absolute Gasteiger partial charge is 0.491 e. The van der Waals surface area contributed by atoms with Gasteiger partial charge in [-0.15, -0.1) is 0 Å². The van der Waals surface area contributed by atoms with Crippen molar-refractivity contribution in [1.29, 1.82) is 0 Å². The number of hydrogen-bond donors (Lipinski definition) is 2. The van der Waals surface area contributed by atoms with Gasteiger partial charge in [-0.3, -0.25) is 9.59 Å². The van der Waals surface area contributed by atoms with Gasteiger partial charge in [-0.25, -0.2) is 0 Å². The Kier molecular flexibility index (Phi) is 7.71. The Hall–Kier alpha value is -1.92. The third-order valence-corrected chi connectivity index (χ3v) is 3.32. The molecule has 0 aliphatic rings. The van der Waals surface area contributed by atoms with E-state index in [0.717, 1.165) is 0 Å². The molecule has 1 aromatic rings. The Morgan fingerprint density at radius 2 is 1.83 bits per heavy atom. The molecule has 23 heavy (non-hydrogen) atoms. The van der Waals surface area contributed by atoms with Crippen molar-refractivity contribution in [2.75, 3.05) is 26.7 Å². The Morgan fingerprint density at radius 1 is 1.22 bits per heavy atom. The second-order valence-corrected chi connectivity index (χ2v) is 5.84. The summed E-state index contributed by atoms with van der Waals surface area (Å²) in [6.07, 6.45) is -0.192. The van der Waals surface area contributed by atoms with Crippen molar-refractivity contribution in [2.45, 2.75) is 26.4 Å². The molecule has 0 aliphatic carbocycles. The van der Waals surface area contributed by atoms with Gasteiger partial charge in [0.05, 0.1) is 19.1 Å². The second-order valence-electron chi connectivity index (χ2n) is 5.84. The molecule has 0 amide bonds. The zero-order chi connectivity index (χ0) is 17.4. The molecular formula is C17H25NO5. The molecule has 0 spiro atoms. The zero-order valence-corrected chi connectivity index (χ0v) is 13.9. The normalized spacial score (nSPS) is 12.4. The van der Waals surface area contributed by atoms with Crippen molar-refractivity contribution in [3.05, 3.63) is 29.8 Å². The fourth-order valence-corrected chi connectivity index (χ4v) is 2.29. The number of hydrogen-bond acceptors (Lipinski definition) is 5. The molecule has 128 valence electrons. The highest BCUT2D eigenvalue weighted by Crippen LogP contribution is 2.18. The topological polar surface area (TPSA) is 87.1 Å². The SMILES string of the molecule is CC(C)Oc1ccc(C(=O)C(CC(=O)O)CN(C)CCO)cc1. The van der Waals surface area contributed by atoms with Crippen LogP contribution in [0.15, 0.2) is 24.3 Å². The minimum Gasteiger partial charge on any atom is -0.491 e. The number of carbonyl (C=O) groups excluding carboxylic acids is 1. The van der Waals surface area contributed by atoms with E-state index in [9.17, 15) is 9.59 Å². The minimum atomic E-state index is -1.01. The Labute approximate surface area is 136 Å². The van der Waals surface area contributed by atoms with Crippen molar-refractivity contribution in [2.24, 2.45) is 5.92 Å². The number of aliphatic hydroxyl groups excluding tert-OH is 1. The van der Waals surface area contributed by atoms with Crippen LogP contribution in [-0.4, -0.2) is 59.7 Å². The number of rotatable bonds is 10. The number of carboxylic acid groups (broad SMARTS) is 1. The first kappa shape index (κ1) is 19.1. The molecule has 0 aliphatic heterocycles. The fourth-order valence-electron chi connectivity index (χ4n) is 2.29. The van der Waals surface area contributed by atoms with Crippen LogP contribution in [0.2, 0.25) is 0 Å². The highest BCUT2D eigenvalue weighted by molar-refractivity contribution is 5.99. The summed E-state index contributed by atoms with van der Waals surface area (Å²) in [4.78, 5) is 25.3. The first-order valence-electron chi connectivity index (χ1n) is 7.65. The molecule has 6 nitrogen and oxygen atoms in total. The predicted molar refractivity (Wildman–Crippen MR) is 86.9 cm³/mol. The van der Waals surface area contributed by atoms with Crippen LogP contribution in [0.5, 0.6) is 5.75 Å². The molecule has 6 heteroatoms. The van der Waals surface area contributed by atoms with Gasteiger partial charge < -0.3 is 19.8 Å². The van der Waals surface area contributed by atoms with Crippen LogP contribution in [0.25, 0.3) is 0 Å². The lowest BCUT2D eigenvalue weighted by molar-refractivity contribution is -0.137. The third kappa shape index (κ3) is 6.80. The summed E-state index contributed by atoms with van der Waals surface area (Å²) in [5.74, 6) is -1.21. The third-order valence-electron chi connectivity index (χ3n) is 3.32. The van der Waals surface area contributed by atoms with E-state index in [1.165, 1.54) is 0 Å². The van der Waals surface area contributed by atoms with E-state index in [0.29, 0.717) is 17.9 Å². The quantitative estimate of drug-likeness (QED) is 0.637. The van der Waals surface area contributed by atoms with Gasteiger partial charge in [-0.2, -0.15) is 0 Å². The van der Waals surface area contributed by atoms with Gasteiger partial charge in [-0.05, 0) is 45.2 Å². The molecule has 0 saturated carbocycles. The van der Waals surface area contributed by atoms with Gasteiger partial charge in [0.2, 0.25) is 0 Å². The fraction of sp³-hybridized carbons (Fsp3) is 0.529. The average Bonchev–Trinajstić information content (AvgIpc) is 2.46. The molecule has 0 saturated heterocycles. The van der Waals surface area contributed by atoms with Gasteiger partial charge in [0, 0.05) is 24.6 Å². The van der Waals surface area contributed by atoms with Crippen LogP contribution in [-0.2, 0) is 4.79 Å². The summed E-state index contributed by atoms with van der Waals surface area (Å²) in [6.45, 7) is 4.48. The predicted octanol–water partition coefficient (Wildman–Crippen LogP) is 1.67. The molecule has 0 heterocycles. The molecule has 1 unspecified atom stereocenters. The number of aliphatic hydroxyl groups is 1. The van der Waals surface area contributed by atoms with Crippen molar-refractivity contribution < 1.29 is 24.5 Å². The molecule has 0 bridgehead atoms. The van der Waals surface area contributed by atoms with E-state index in [1.54, 1.807) is 36.2 Å². The molecule has 0 fully saturated rings. The molecule has 1 rings (SSSR count). The lowest BCUT2D eigenvalue weighted by Crippen LogP contribution is -2.33. The Balaban J connectivity index is 2.84. The number of carbonyl (C=O) groups is 2. The number of Topliss-reactive ketones (excluding diaryl/α,β-unsaturated/α-hetero) is 1. The number of ether oxygens (including phenoxy) is 1. The van der Waals surface area contributed by atoms with Gasteiger partial charge >= 0.3 is 5.97 Å². The highest BCUT2D eigenvalue weighted by Gasteiger charge is 2.24. The maximum absolute atomic E-state index is 12.6. The number of ketones is 1. The van der Waals surface area contributed by atoms with Crippen LogP contribution < -0.4 is 4.74 Å². The van der Waals surface area contributed by atoms with Crippen LogP contribution >= 0.6 is 0 Å². The Morgan fingerprint density at radius 3 is 2.30 bits per heavy atom. The van der Waals surface area contributed by atoms with Crippen molar-refractivity contribution in [3.8, 4) is 5.75 Å². The van der Waals surface area contributed by atoms with Gasteiger partial charge in [0.25, 0.3) is 0 Å². The van der Waals surface area contributed by atoms with Gasteiger partial charge in [-0.1, -0.05) is 0 Å². The van der Waals surface area contributed by atoms with Gasteiger partial charge in [0.1, 0.15) is 5.75 Å². The van der Waals surface area contributed by atoms with Crippen molar-refractivity contribution in [3.63, 3.8) is 0 Å². The van der Waals surface area contributed by atoms with Crippen LogP contribution in [0, 0.1) is 5.92 Å². The van der Waals surface area contributed by atoms with Crippen molar-refractivity contribution >= 4 is 11.8 Å². The summed E-state index contributed by atoms with van der Waals surface area (Å²) in [6, 6.07) is 6.73. The molecule has 2 N–H and O–H groups in total. The monoisotopic (exact) mass is 323 g/mol. The smallest absolute Gasteiger partial charge is 0.304 e. The van der Waals surface area contributed by atoms with Crippen LogP contribution in [0.4, 0.5) is 0 Å². The lowest BCUT2D eigenvalue weighted by atomic mass is 9.94. The highest BCUT2D eigenvalue weighted by atomic mass is 16.5. The molecule has 0 radical (unpaired) electrons. The average molecular weight is 323 g/mol. The maximum Gasteiger partial charge on any atom is 0.304 e. The summed E-state index contributed by atoms with van der Waals surface area (Å²) in [5, 5.41) is 18.0. The van der Waals surface area contributed by atoms with E-state index in [4.69, 9.17) is 14.9 Å².